The number of aromatic nitrogens is 2. The van der Waals surface area contributed by atoms with Crippen LogP contribution in [-0.4, -0.2) is 94.8 Å². The van der Waals surface area contributed by atoms with Gasteiger partial charge in [0.1, 0.15) is 41.3 Å². The van der Waals surface area contributed by atoms with Crippen molar-refractivity contribution in [1.82, 2.24) is 20.2 Å². The SMILES string of the molecule is COC(=O)[C@@H]1C[C@@H](Oc2nc3cc(OC)ccc3nc2CCCCC[C@@H]2C[C@H]2OC(=O)N[C@H](C(=O)O)C(C)(C)C)CN1C(=O)OC(C)(C)C. The standard InChI is InChI=1S/C35H50N4O10/c1-34(2,3)28(30(40)41)38-32(43)48-27-16-20(27)12-10-9-11-13-24-29(37-25-17-21(45-7)14-15-23(25)36-24)47-22-18-26(31(42)46-8)39(19-22)33(44)49-35(4,5)6/h14-15,17,20,22,26-28H,9-13,16,18-19H2,1-8H3,(H,38,43)(H,40,41)/t20-,22-,26+,27-,28-/m1/s1. The first-order valence-corrected chi connectivity index (χ1v) is 16.8. The maximum atomic E-state index is 13.0. The van der Waals surface area contributed by atoms with Crippen LogP contribution in [-0.2, 0) is 30.2 Å². The van der Waals surface area contributed by atoms with Gasteiger partial charge in [0.15, 0.2) is 0 Å². The number of carboxylic acid groups (broad SMARTS) is 1. The quantitative estimate of drug-likeness (QED) is 0.159. The largest absolute Gasteiger partial charge is 0.497 e. The molecule has 5 atom stereocenters. The van der Waals surface area contributed by atoms with E-state index in [-0.39, 0.29) is 25.0 Å². The lowest BCUT2D eigenvalue weighted by Crippen LogP contribution is -2.49. The second-order valence-electron chi connectivity index (χ2n) is 14.8. The minimum absolute atomic E-state index is 0.113. The Kier molecular flexibility index (Phi) is 11.8. The van der Waals surface area contributed by atoms with E-state index in [1.165, 1.54) is 12.0 Å². The van der Waals surface area contributed by atoms with Crippen molar-refractivity contribution in [2.24, 2.45) is 11.3 Å². The summed E-state index contributed by atoms with van der Waals surface area (Å²) < 4.78 is 27.7. The van der Waals surface area contributed by atoms with E-state index in [4.69, 9.17) is 33.7 Å². The van der Waals surface area contributed by atoms with Gasteiger partial charge in [-0.3, -0.25) is 4.90 Å². The van der Waals surface area contributed by atoms with Crippen molar-refractivity contribution in [2.45, 2.75) is 116 Å². The Morgan fingerprint density at radius 3 is 2.37 bits per heavy atom. The van der Waals surface area contributed by atoms with Gasteiger partial charge in [-0.25, -0.2) is 29.1 Å². The maximum Gasteiger partial charge on any atom is 0.411 e. The van der Waals surface area contributed by atoms with E-state index in [1.54, 1.807) is 54.7 Å². The number of unbranched alkanes of at least 4 members (excludes halogenated alkanes) is 2. The number of alkyl carbamates (subject to hydrolysis) is 1. The molecular formula is C35H50N4O10. The van der Waals surface area contributed by atoms with Gasteiger partial charge in [0.25, 0.3) is 0 Å². The fraction of sp³-hybridized carbons (Fsp3) is 0.657. The van der Waals surface area contributed by atoms with Crippen molar-refractivity contribution in [3.8, 4) is 11.6 Å². The molecule has 1 aliphatic heterocycles. The second-order valence-corrected chi connectivity index (χ2v) is 14.8. The highest BCUT2D eigenvalue weighted by molar-refractivity contribution is 5.82. The predicted octanol–water partition coefficient (Wildman–Crippen LogP) is 5.29. The summed E-state index contributed by atoms with van der Waals surface area (Å²) in [6.07, 6.45) is 2.95. The van der Waals surface area contributed by atoms with Crippen LogP contribution in [0.1, 0.15) is 85.8 Å². The molecule has 1 aromatic heterocycles. The first kappa shape index (κ1) is 37.5. The summed E-state index contributed by atoms with van der Waals surface area (Å²) in [5, 5.41) is 11.9. The summed E-state index contributed by atoms with van der Waals surface area (Å²) in [6.45, 7) is 10.6. The number of rotatable bonds is 13. The zero-order valence-electron chi connectivity index (χ0n) is 29.7. The zero-order chi connectivity index (χ0) is 36.1. The van der Waals surface area contributed by atoms with Crippen LogP contribution >= 0.6 is 0 Å². The average molecular weight is 687 g/mol. The molecule has 14 heteroatoms. The fourth-order valence-corrected chi connectivity index (χ4v) is 5.84. The minimum atomic E-state index is -1.10. The predicted molar refractivity (Wildman–Crippen MR) is 178 cm³/mol. The lowest BCUT2D eigenvalue weighted by atomic mass is 9.87. The van der Waals surface area contributed by atoms with Gasteiger partial charge in [-0.15, -0.1) is 0 Å². The van der Waals surface area contributed by atoms with Gasteiger partial charge in [-0.05, 0) is 69.9 Å². The highest BCUT2D eigenvalue weighted by Crippen LogP contribution is 2.38. The first-order chi connectivity index (χ1) is 23.0. The Balaban J connectivity index is 1.36. The summed E-state index contributed by atoms with van der Waals surface area (Å²) in [6, 6.07) is 3.53. The van der Waals surface area contributed by atoms with E-state index in [2.05, 4.69) is 5.32 Å². The highest BCUT2D eigenvalue weighted by Gasteiger charge is 2.44. The zero-order valence-corrected chi connectivity index (χ0v) is 29.7. The number of carboxylic acids is 1. The van der Waals surface area contributed by atoms with E-state index < -0.39 is 53.3 Å². The molecule has 2 aliphatic rings. The van der Waals surface area contributed by atoms with E-state index >= 15 is 0 Å². The number of benzene rings is 1. The van der Waals surface area contributed by atoms with E-state index in [0.29, 0.717) is 34.8 Å². The molecule has 2 N–H and O–H groups in total. The number of hydrogen-bond acceptors (Lipinski definition) is 11. The van der Waals surface area contributed by atoms with Crippen molar-refractivity contribution in [2.75, 3.05) is 20.8 Å². The summed E-state index contributed by atoms with van der Waals surface area (Å²) in [4.78, 5) is 60.4. The Morgan fingerprint density at radius 2 is 1.73 bits per heavy atom. The van der Waals surface area contributed by atoms with Crippen LogP contribution in [0, 0.1) is 11.3 Å². The third-order valence-corrected chi connectivity index (χ3v) is 8.53. The number of nitrogens with one attached hydrogen (secondary N) is 1. The average Bonchev–Trinajstić information content (AvgIpc) is 3.60. The smallest absolute Gasteiger partial charge is 0.411 e. The highest BCUT2D eigenvalue weighted by atomic mass is 16.6. The van der Waals surface area contributed by atoms with Crippen molar-refractivity contribution >= 4 is 35.2 Å². The summed E-state index contributed by atoms with van der Waals surface area (Å²) in [5.41, 5.74) is 0.547. The van der Waals surface area contributed by atoms with Crippen molar-refractivity contribution in [1.29, 1.82) is 0 Å². The van der Waals surface area contributed by atoms with Gasteiger partial charge >= 0.3 is 24.1 Å². The molecule has 270 valence electrons. The lowest BCUT2D eigenvalue weighted by Gasteiger charge is -2.27. The number of carbonyl (C=O) groups is 4. The van der Waals surface area contributed by atoms with E-state index in [9.17, 15) is 24.3 Å². The molecule has 2 fully saturated rings. The number of ether oxygens (including phenoxy) is 5. The Bertz CT molecular complexity index is 1520. The van der Waals surface area contributed by atoms with Crippen molar-refractivity contribution in [3.05, 3.63) is 23.9 Å². The number of amides is 2. The molecule has 4 rings (SSSR count). The van der Waals surface area contributed by atoms with Crippen LogP contribution in [0.25, 0.3) is 11.0 Å². The van der Waals surface area contributed by atoms with Crippen LogP contribution in [0.3, 0.4) is 0 Å². The number of fused-ring (bicyclic) bond motifs is 1. The molecule has 49 heavy (non-hydrogen) atoms. The summed E-state index contributed by atoms with van der Waals surface area (Å²) in [7, 11) is 2.85. The van der Waals surface area contributed by atoms with Crippen LogP contribution < -0.4 is 14.8 Å². The first-order valence-electron chi connectivity index (χ1n) is 16.8. The molecule has 1 saturated carbocycles. The molecule has 2 amide bonds. The summed E-state index contributed by atoms with van der Waals surface area (Å²) >= 11 is 0. The number of aryl methyl sites for hydroxylation is 1. The van der Waals surface area contributed by atoms with Crippen LogP contribution in [0.2, 0.25) is 0 Å². The molecule has 14 nitrogen and oxygen atoms in total. The number of carbonyl (C=O) groups excluding carboxylic acids is 3. The maximum absolute atomic E-state index is 13.0. The van der Waals surface area contributed by atoms with Crippen LogP contribution in [0.15, 0.2) is 18.2 Å². The Labute approximate surface area is 287 Å². The molecule has 1 saturated heterocycles. The second kappa shape index (κ2) is 15.5. The van der Waals surface area contributed by atoms with E-state index in [0.717, 1.165) is 32.1 Å². The normalized spacial score (nSPS) is 21.1. The van der Waals surface area contributed by atoms with Gasteiger partial charge < -0.3 is 34.1 Å². The molecule has 2 heterocycles. The number of likely N-dealkylation sites (tertiary alicyclic amines) is 1. The van der Waals surface area contributed by atoms with Gasteiger partial charge in [-0.2, -0.15) is 0 Å². The number of nitrogens with zero attached hydrogens (tertiary/aromatic N) is 3. The minimum Gasteiger partial charge on any atom is -0.497 e. The number of hydrogen-bond donors (Lipinski definition) is 2. The van der Waals surface area contributed by atoms with Crippen molar-refractivity contribution < 1.29 is 48.0 Å². The van der Waals surface area contributed by atoms with Gasteiger partial charge in [0, 0.05) is 12.5 Å². The Hall–Kier alpha value is -4.36. The molecular weight excluding hydrogens is 636 g/mol. The Morgan fingerprint density at radius 1 is 1.00 bits per heavy atom. The van der Waals surface area contributed by atoms with Crippen molar-refractivity contribution in [3.63, 3.8) is 0 Å². The van der Waals surface area contributed by atoms with Crippen LogP contribution in [0.4, 0.5) is 9.59 Å². The topological polar surface area (TPSA) is 176 Å². The van der Waals surface area contributed by atoms with Gasteiger partial charge in [-0.1, -0.05) is 33.6 Å². The lowest BCUT2D eigenvalue weighted by molar-refractivity contribution is -0.145. The van der Waals surface area contributed by atoms with Crippen LogP contribution in [0.5, 0.6) is 11.6 Å². The van der Waals surface area contributed by atoms with Gasteiger partial charge in [0.2, 0.25) is 5.88 Å². The summed E-state index contributed by atoms with van der Waals surface area (Å²) in [5.74, 6) is -0.450. The monoisotopic (exact) mass is 686 g/mol. The molecule has 1 aliphatic carbocycles. The third kappa shape index (κ3) is 10.3. The number of aliphatic carboxylic acids is 1. The molecule has 2 aromatic rings. The van der Waals surface area contributed by atoms with Gasteiger partial charge in [0.05, 0.1) is 31.8 Å². The molecule has 0 bridgehead atoms. The number of esters is 1. The number of methoxy groups -OCH3 is 2. The molecule has 0 spiro atoms. The third-order valence-electron chi connectivity index (χ3n) is 8.53. The van der Waals surface area contributed by atoms with E-state index in [1.807, 2.05) is 12.1 Å². The molecule has 0 radical (unpaired) electrons. The molecule has 0 unspecified atom stereocenters. The molecule has 1 aromatic carbocycles. The fourth-order valence-electron chi connectivity index (χ4n) is 5.84.